The molecule has 1 atom stereocenters. The molecular formula is C20H23NO3. The molecule has 1 heterocycles. The van der Waals surface area contributed by atoms with Gasteiger partial charge in [0.2, 0.25) is 0 Å². The van der Waals surface area contributed by atoms with E-state index in [1.54, 1.807) is 18.1 Å². The van der Waals surface area contributed by atoms with Gasteiger partial charge in [0.25, 0.3) is 5.91 Å². The summed E-state index contributed by atoms with van der Waals surface area (Å²) in [5.41, 5.74) is 3.38. The van der Waals surface area contributed by atoms with Gasteiger partial charge in [0.15, 0.2) is 0 Å². The first-order chi connectivity index (χ1) is 11.5. The van der Waals surface area contributed by atoms with Gasteiger partial charge in [-0.3, -0.25) is 4.79 Å². The molecule has 1 aliphatic rings. The molecule has 0 spiro atoms. The van der Waals surface area contributed by atoms with Crippen LogP contribution in [-0.4, -0.2) is 24.7 Å². The maximum absolute atomic E-state index is 12.9. The van der Waals surface area contributed by atoms with Crippen LogP contribution in [0.2, 0.25) is 0 Å². The Labute approximate surface area is 142 Å². The lowest BCUT2D eigenvalue weighted by Crippen LogP contribution is -2.36. The molecule has 24 heavy (non-hydrogen) atoms. The quantitative estimate of drug-likeness (QED) is 0.931. The van der Waals surface area contributed by atoms with E-state index in [1.807, 2.05) is 36.4 Å². The number of hydrogen-bond donors (Lipinski definition) is 1. The predicted octanol–water partition coefficient (Wildman–Crippen LogP) is 3.90. The Bertz CT molecular complexity index is 737. The topological polar surface area (TPSA) is 49.8 Å². The Hall–Kier alpha value is -2.33. The molecule has 4 nitrogen and oxygen atoms in total. The zero-order valence-corrected chi connectivity index (χ0v) is 14.3. The second kappa shape index (κ2) is 6.65. The highest BCUT2D eigenvalue weighted by molar-refractivity contribution is 6.06. The first-order valence-corrected chi connectivity index (χ1v) is 8.29. The van der Waals surface area contributed by atoms with Crippen molar-refractivity contribution in [2.45, 2.75) is 32.3 Å². The van der Waals surface area contributed by atoms with Gasteiger partial charge in [-0.05, 0) is 48.2 Å². The molecule has 4 heteroatoms. The first kappa shape index (κ1) is 16.5. The summed E-state index contributed by atoms with van der Waals surface area (Å²) < 4.78 is 5.23. The van der Waals surface area contributed by atoms with E-state index in [0.29, 0.717) is 30.2 Å². The van der Waals surface area contributed by atoms with E-state index in [-0.39, 0.29) is 5.91 Å². The maximum Gasteiger partial charge on any atom is 0.258 e. The number of aliphatic hydroxyl groups excluding tert-OH is 1. The van der Waals surface area contributed by atoms with Crippen LogP contribution in [0.15, 0.2) is 42.5 Å². The molecule has 0 saturated heterocycles. The summed E-state index contributed by atoms with van der Waals surface area (Å²) in [5, 5.41) is 10.3. The van der Waals surface area contributed by atoms with Crippen LogP contribution in [0.3, 0.4) is 0 Å². The van der Waals surface area contributed by atoms with Gasteiger partial charge < -0.3 is 14.7 Å². The molecule has 1 amide bonds. The molecular weight excluding hydrogens is 302 g/mol. The zero-order chi connectivity index (χ0) is 17.3. The third-order valence-electron chi connectivity index (χ3n) is 4.58. The normalized spacial score (nSPS) is 16.9. The fourth-order valence-electron chi connectivity index (χ4n) is 3.08. The van der Waals surface area contributed by atoms with Crippen LogP contribution in [0.1, 0.15) is 53.8 Å². The monoisotopic (exact) mass is 325 g/mol. The van der Waals surface area contributed by atoms with Crippen LogP contribution in [0.4, 0.5) is 5.69 Å². The van der Waals surface area contributed by atoms with Gasteiger partial charge in [-0.25, -0.2) is 0 Å². The number of methoxy groups -OCH3 is 1. The van der Waals surface area contributed by atoms with E-state index in [0.717, 1.165) is 11.3 Å². The van der Waals surface area contributed by atoms with Crippen molar-refractivity contribution in [2.24, 2.45) is 0 Å². The van der Waals surface area contributed by atoms with E-state index in [2.05, 4.69) is 13.8 Å². The number of amides is 1. The Morgan fingerprint density at radius 2 is 1.92 bits per heavy atom. The highest BCUT2D eigenvalue weighted by Gasteiger charge is 2.28. The van der Waals surface area contributed by atoms with Crippen LogP contribution >= 0.6 is 0 Å². The third kappa shape index (κ3) is 3.02. The molecule has 0 aromatic heterocycles. The highest BCUT2D eigenvalue weighted by atomic mass is 16.5. The summed E-state index contributed by atoms with van der Waals surface area (Å²) >= 11 is 0. The fraction of sp³-hybridized carbons (Fsp3) is 0.350. The minimum Gasteiger partial charge on any atom is -0.497 e. The number of carbonyl (C=O) groups is 1. The number of ether oxygens (including phenoxy) is 1. The smallest absolute Gasteiger partial charge is 0.258 e. The molecule has 2 aromatic carbocycles. The molecule has 0 aliphatic carbocycles. The highest BCUT2D eigenvalue weighted by Crippen LogP contribution is 2.37. The molecule has 3 rings (SSSR count). The van der Waals surface area contributed by atoms with Crippen molar-refractivity contribution >= 4 is 11.6 Å². The van der Waals surface area contributed by atoms with Crippen LogP contribution in [-0.2, 0) is 0 Å². The summed E-state index contributed by atoms with van der Waals surface area (Å²) in [6, 6.07) is 13.2. The van der Waals surface area contributed by atoms with Crippen molar-refractivity contribution in [2.75, 3.05) is 18.6 Å². The molecule has 126 valence electrons. The summed E-state index contributed by atoms with van der Waals surface area (Å²) in [7, 11) is 1.59. The lowest BCUT2D eigenvalue weighted by atomic mass is 9.97. The lowest BCUT2D eigenvalue weighted by Gasteiger charge is -2.32. The second-order valence-electron chi connectivity index (χ2n) is 6.46. The molecule has 0 radical (unpaired) electrons. The minimum absolute atomic E-state index is 0.0383. The summed E-state index contributed by atoms with van der Waals surface area (Å²) in [4.78, 5) is 14.7. The van der Waals surface area contributed by atoms with Gasteiger partial charge in [0, 0.05) is 17.7 Å². The lowest BCUT2D eigenvalue weighted by molar-refractivity contribution is 0.0970. The van der Waals surface area contributed by atoms with Crippen molar-refractivity contribution in [1.29, 1.82) is 0 Å². The molecule has 1 unspecified atom stereocenters. The average Bonchev–Trinajstić information content (AvgIpc) is 2.61. The van der Waals surface area contributed by atoms with Crippen LogP contribution in [0, 0.1) is 0 Å². The van der Waals surface area contributed by atoms with Gasteiger partial charge in [0.1, 0.15) is 5.75 Å². The Morgan fingerprint density at radius 3 is 2.54 bits per heavy atom. The van der Waals surface area contributed by atoms with E-state index in [9.17, 15) is 9.90 Å². The largest absolute Gasteiger partial charge is 0.497 e. The summed E-state index contributed by atoms with van der Waals surface area (Å²) in [5.74, 6) is 1.08. The van der Waals surface area contributed by atoms with Gasteiger partial charge in [-0.15, -0.1) is 0 Å². The van der Waals surface area contributed by atoms with Crippen molar-refractivity contribution in [3.63, 3.8) is 0 Å². The number of aliphatic hydroxyl groups is 1. The molecule has 0 fully saturated rings. The predicted molar refractivity (Wildman–Crippen MR) is 94.8 cm³/mol. The second-order valence-corrected chi connectivity index (χ2v) is 6.46. The number of rotatable bonds is 3. The maximum atomic E-state index is 12.9. The number of carbonyl (C=O) groups excluding carboxylic acids is 1. The van der Waals surface area contributed by atoms with E-state index < -0.39 is 6.10 Å². The van der Waals surface area contributed by atoms with E-state index in [1.165, 1.54) is 5.56 Å². The van der Waals surface area contributed by atoms with Gasteiger partial charge in [0.05, 0.1) is 18.9 Å². The number of nitrogens with zero attached hydrogens (tertiary/aromatic N) is 1. The number of fused-ring (bicyclic) bond motifs is 1. The Morgan fingerprint density at radius 1 is 1.21 bits per heavy atom. The van der Waals surface area contributed by atoms with Crippen molar-refractivity contribution in [1.82, 2.24) is 0 Å². The molecule has 2 aromatic rings. The van der Waals surface area contributed by atoms with Crippen molar-refractivity contribution < 1.29 is 14.6 Å². The van der Waals surface area contributed by atoms with Crippen LogP contribution in [0.25, 0.3) is 0 Å². The molecule has 1 aliphatic heterocycles. The summed E-state index contributed by atoms with van der Waals surface area (Å²) in [6.45, 7) is 4.77. The molecule has 0 saturated carbocycles. The third-order valence-corrected chi connectivity index (χ3v) is 4.58. The molecule has 1 N–H and O–H groups in total. The van der Waals surface area contributed by atoms with Crippen LogP contribution < -0.4 is 9.64 Å². The minimum atomic E-state index is -0.567. The number of hydrogen-bond acceptors (Lipinski definition) is 3. The Kier molecular flexibility index (Phi) is 4.58. The fourth-order valence-corrected chi connectivity index (χ4v) is 3.08. The zero-order valence-electron chi connectivity index (χ0n) is 14.3. The first-order valence-electron chi connectivity index (χ1n) is 8.29. The van der Waals surface area contributed by atoms with Gasteiger partial charge >= 0.3 is 0 Å². The number of benzene rings is 2. The van der Waals surface area contributed by atoms with Gasteiger partial charge in [-0.1, -0.05) is 26.0 Å². The SMILES string of the molecule is COc1ccc2c(c1)C(O)CCN2C(=O)c1ccc(C(C)C)cc1. The van der Waals surface area contributed by atoms with Gasteiger partial charge in [-0.2, -0.15) is 0 Å². The number of anilines is 1. The van der Waals surface area contributed by atoms with E-state index in [4.69, 9.17) is 4.74 Å². The standard InChI is InChI=1S/C20H23NO3/c1-13(2)14-4-6-15(7-5-14)20(23)21-11-10-19(22)17-12-16(24-3)8-9-18(17)21/h4-9,12-13,19,22H,10-11H2,1-3H3. The Balaban J connectivity index is 1.92. The van der Waals surface area contributed by atoms with E-state index >= 15 is 0 Å². The average molecular weight is 325 g/mol. The van der Waals surface area contributed by atoms with Crippen LogP contribution in [0.5, 0.6) is 5.75 Å². The summed E-state index contributed by atoms with van der Waals surface area (Å²) in [6.07, 6.45) is -0.0434. The van der Waals surface area contributed by atoms with Crippen molar-refractivity contribution in [3.8, 4) is 5.75 Å². The van der Waals surface area contributed by atoms with Crippen molar-refractivity contribution in [3.05, 3.63) is 59.2 Å². The molecule has 0 bridgehead atoms.